The Morgan fingerprint density at radius 2 is 1.52 bits per heavy atom. The molecule has 0 fully saturated rings. The number of carbonyl (C=O) groups excluding carboxylic acids is 2. The van der Waals surface area contributed by atoms with Crippen molar-refractivity contribution in [3.05, 3.63) is 41.0 Å². The minimum absolute atomic E-state index is 0.0111. The Hall–Kier alpha value is -2.19. The normalized spacial score (nSPS) is 12.4. The van der Waals surface area contributed by atoms with Crippen LogP contribution in [-0.4, -0.2) is 52.0 Å². The van der Waals surface area contributed by atoms with E-state index in [9.17, 15) is 18.0 Å². The predicted octanol–water partition coefficient (Wildman–Crippen LogP) is 4.59. The van der Waals surface area contributed by atoms with Gasteiger partial charge in [0.15, 0.2) is 0 Å². The number of ether oxygens (including phenoxy) is 2. The molecule has 0 heterocycles. The van der Waals surface area contributed by atoms with Crippen LogP contribution in [0.4, 0.5) is 4.79 Å². The van der Waals surface area contributed by atoms with Crippen molar-refractivity contribution in [3.8, 4) is 0 Å². The zero-order chi connectivity index (χ0) is 23.8. The first-order valence-electron chi connectivity index (χ1n) is 10.4. The van der Waals surface area contributed by atoms with Crippen LogP contribution in [-0.2, 0) is 24.3 Å². The fraction of sp³-hybridized carbons (Fsp3) is 0.565. The van der Waals surface area contributed by atoms with Crippen LogP contribution < -0.4 is 0 Å². The number of rotatable bonds is 11. The second kappa shape index (κ2) is 12.0. The van der Waals surface area contributed by atoms with Crippen LogP contribution in [0.15, 0.2) is 29.2 Å². The summed E-state index contributed by atoms with van der Waals surface area (Å²) in [5.41, 5.74) is 2.60. The molecule has 1 aromatic rings. The molecular formula is C23H35NO6S. The summed E-state index contributed by atoms with van der Waals surface area (Å²) in [6.07, 6.45) is 2.81. The molecule has 0 radical (unpaired) electrons. The van der Waals surface area contributed by atoms with Crippen LogP contribution in [0.1, 0.15) is 76.0 Å². The van der Waals surface area contributed by atoms with E-state index in [0.717, 1.165) is 21.0 Å². The Morgan fingerprint density at radius 1 is 0.968 bits per heavy atom. The largest absolute Gasteiger partial charge is 0.508 e. The van der Waals surface area contributed by atoms with E-state index in [-0.39, 0.29) is 42.3 Å². The van der Waals surface area contributed by atoms with Gasteiger partial charge in [0.2, 0.25) is 10.0 Å². The van der Waals surface area contributed by atoms with Crippen molar-refractivity contribution in [2.24, 2.45) is 0 Å². The maximum atomic E-state index is 13.7. The van der Waals surface area contributed by atoms with E-state index in [0.29, 0.717) is 6.29 Å². The number of nitrogens with zero attached hydrogens (tertiary/aromatic N) is 1. The molecule has 0 bridgehead atoms. The predicted molar refractivity (Wildman–Crippen MR) is 121 cm³/mol. The minimum atomic E-state index is -3.95. The first kappa shape index (κ1) is 26.8. The number of methoxy groups -OCH3 is 1. The third kappa shape index (κ3) is 7.18. The highest BCUT2D eigenvalue weighted by Crippen LogP contribution is 2.36. The molecule has 0 saturated carbocycles. The lowest BCUT2D eigenvalue weighted by atomic mass is 9.89. The quantitative estimate of drug-likeness (QED) is 0.277. The Labute approximate surface area is 186 Å². The van der Waals surface area contributed by atoms with Gasteiger partial charge in [0.05, 0.1) is 18.6 Å². The van der Waals surface area contributed by atoms with E-state index in [1.54, 1.807) is 6.08 Å². The van der Waals surface area contributed by atoms with Crippen LogP contribution >= 0.6 is 0 Å². The first-order chi connectivity index (χ1) is 14.5. The SMILES string of the molecule is COC(=O)OC/C=C\CN(CC=O)S(=O)(=O)c1c(C(C)C)cc(C(C)C)cc1C(C)C. The number of hydrogen-bond donors (Lipinski definition) is 0. The summed E-state index contributed by atoms with van der Waals surface area (Å²) in [5.74, 6) is 0.238. The molecule has 174 valence electrons. The van der Waals surface area contributed by atoms with E-state index in [1.807, 2.05) is 39.8 Å². The summed E-state index contributed by atoms with van der Waals surface area (Å²) in [4.78, 5) is 22.6. The van der Waals surface area contributed by atoms with Gasteiger partial charge in [-0.05, 0) is 40.5 Å². The minimum Gasteiger partial charge on any atom is -0.438 e. The van der Waals surface area contributed by atoms with Gasteiger partial charge in [-0.1, -0.05) is 59.8 Å². The maximum absolute atomic E-state index is 13.7. The van der Waals surface area contributed by atoms with Crippen molar-refractivity contribution in [1.29, 1.82) is 0 Å². The zero-order valence-corrected chi connectivity index (χ0v) is 20.4. The molecule has 0 spiro atoms. The third-order valence-electron chi connectivity index (χ3n) is 4.90. The molecule has 1 aromatic carbocycles. The van der Waals surface area contributed by atoms with E-state index < -0.39 is 16.2 Å². The summed E-state index contributed by atoms with van der Waals surface area (Å²) in [7, 11) is -2.74. The Morgan fingerprint density at radius 3 is 1.94 bits per heavy atom. The van der Waals surface area contributed by atoms with Crippen molar-refractivity contribution in [3.63, 3.8) is 0 Å². The molecule has 31 heavy (non-hydrogen) atoms. The van der Waals surface area contributed by atoms with Gasteiger partial charge in [-0.15, -0.1) is 0 Å². The van der Waals surface area contributed by atoms with Gasteiger partial charge < -0.3 is 14.3 Å². The average molecular weight is 454 g/mol. The molecule has 0 aromatic heterocycles. The van der Waals surface area contributed by atoms with E-state index in [1.165, 1.54) is 13.2 Å². The molecule has 0 saturated heterocycles. The van der Waals surface area contributed by atoms with Crippen LogP contribution in [0.2, 0.25) is 0 Å². The van der Waals surface area contributed by atoms with Crippen molar-refractivity contribution in [1.82, 2.24) is 4.31 Å². The first-order valence-corrected chi connectivity index (χ1v) is 11.9. The van der Waals surface area contributed by atoms with E-state index in [2.05, 4.69) is 18.6 Å². The van der Waals surface area contributed by atoms with Gasteiger partial charge in [0.1, 0.15) is 12.9 Å². The van der Waals surface area contributed by atoms with Crippen LogP contribution in [0, 0.1) is 0 Å². The second-order valence-electron chi connectivity index (χ2n) is 8.22. The highest BCUT2D eigenvalue weighted by Gasteiger charge is 2.31. The molecule has 0 aliphatic rings. The molecule has 1 rings (SSSR count). The van der Waals surface area contributed by atoms with Crippen LogP contribution in [0.5, 0.6) is 0 Å². The smallest absolute Gasteiger partial charge is 0.438 e. The lowest BCUT2D eigenvalue weighted by Crippen LogP contribution is -2.34. The van der Waals surface area contributed by atoms with Gasteiger partial charge in [-0.3, -0.25) is 0 Å². The average Bonchev–Trinajstić information content (AvgIpc) is 2.70. The summed E-state index contributed by atoms with van der Waals surface area (Å²) < 4.78 is 37.7. The second-order valence-corrected chi connectivity index (χ2v) is 10.1. The third-order valence-corrected chi connectivity index (χ3v) is 6.86. The molecule has 0 N–H and O–H groups in total. The fourth-order valence-electron chi connectivity index (χ4n) is 3.11. The maximum Gasteiger partial charge on any atom is 0.508 e. The highest BCUT2D eigenvalue weighted by molar-refractivity contribution is 7.89. The Bertz CT molecular complexity index is 858. The van der Waals surface area contributed by atoms with Gasteiger partial charge in [0.25, 0.3) is 0 Å². The standard InChI is InChI=1S/C23H35NO6S/c1-16(2)19-14-20(17(3)4)22(21(15-19)18(5)6)31(27,28)24(11-12-25)10-8-9-13-30-23(26)29-7/h8-9,12,14-18H,10-11,13H2,1-7H3/b9-8-. The summed E-state index contributed by atoms with van der Waals surface area (Å²) in [6, 6.07) is 3.93. The topological polar surface area (TPSA) is 90.0 Å². The number of benzene rings is 1. The highest BCUT2D eigenvalue weighted by atomic mass is 32.2. The van der Waals surface area contributed by atoms with Gasteiger partial charge in [0, 0.05) is 6.54 Å². The lowest BCUT2D eigenvalue weighted by Gasteiger charge is -2.26. The molecule has 8 heteroatoms. The van der Waals surface area contributed by atoms with Crippen molar-refractivity contribution in [2.45, 2.75) is 64.2 Å². The van der Waals surface area contributed by atoms with Crippen LogP contribution in [0.25, 0.3) is 0 Å². The van der Waals surface area contributed by atoms with E-state index in [4.69, 9.17) is 4.74 Å². The van der Waals surface area contributed by atoms with Crippen LogP contribution in [0.3, 0.4) is 0 Å². The van der Waals surface area contributed by atoms with Gasteiger partial charge >= 0.3 is 6.16 Å². The summed E-state index contributed by atoms with van der Waals surface area (Å²) in [6.45, 7) is 11.7. The molecular weight excluding hydrogens is 418 g/mol. The number of carbonyl (C=O) groups is 2. The molecule has 0 aliphatic heterocycles. The Kier molecular flexibility index (Phi) is 10.4. The van der Waals surface area contributed by atoms with E-state index >= 15 is 0 Å². The van der Waals surface area contributed by atoms with Crippen molar-refractivity contribution >= 4 is 22.5 Å². The summed E-state index contributed by atoms with van der Waals surface area (Å²) >= 11 is 0. The van der Waals surface area contributed by atoms with Crippen molar-refractivity contribution in [2.75, 3.05) is 26.8 Å². The summed E-state index contributed by atoms with van der Waals surface area (Å²) in [5, 5.41) is 0. The lowest BCUT2D eigenvalue weighted by molar-refractivity contribution is -0.108. The molecule has 0 unspecified atom stereocenters. The molecule has 7 nitrogen and oxygen atoms in total. The fourth-order valence-corrected chi connectivity index (χ4v) is 5.09. The molecule has 0 atom stereocenters. The zero-order valence-electron chi connectivity index (χ0n) is 19.5. The molecule has 0 aliphatic carbocycles. The number of aldehydes is 1. The number of hydrogen-bond acceptors (Lipinski definition) is 6. The Balaban J connectivity index is 3.44. The molecule has 0 amide bonds. The number of sulfonamides is 1. The van der Waals surface area contributed by atoms with Crippen molar-refractivity contribution < 1.29 is 27.5 Å². The monoisotopic (exact) mass is 453 g/mol. The van der Waals surface area contributed by atoms with Gasteiger partial charge in [-0.2, -0.15) is 4.31 Å². The van der Waals surface area contributed by atoms with Gasteiger partial charge in [-0.25, -0.2) is 13.2 Å².